The summed E-state index contributed by atoms with van der Waals surface area (Å²) >= 11 is 0. The monoisotopic (exact) mass is 592 g/mol. The first-order valence-corrected chi connectivity index (χ1v) is 15.0. The highest BCUT2D eigenvalue weighted by molar-refractivity contribution is 6.16. The average Bonchev–Trinajstić information content (AvgIpc) is 3.84. The summed E-state index contributed by atoms with van der Waals surface area (Å²) in [5, 5.41) is 8.42. The van der Waals surface area contributed by atoms with E-state index in [2.05, 4.69) is 67.6 Å². The number of fused-ring (bicyclic) bond motifs is 12. The molecule has 11 rings (SSSR count). The summed E-state index contributed by atoms with van der Waals surface area (Å²) in [4.78, 5) is 18.3. The number of benzene rings is 3. The lowest BCUT2D eigenvalue weighted by Gasteiger charge is -2.06. The summed E-state index contributed by atoms with van der Waals surface area (Å²) in [6.07, 6.45) is 11.1. The van der Waals surface area contributed by atoms with Gasteiger partial charge in [-0.3, -0.25) is 19.1 Å². The summed E-state index contributed by atoms with van der Waals surface area (Å²) < 4.78 is 17.2. The average molecular weight is 593 g/mol. The van der Waals surface area contributed by atoms with Gasteiger partial charge in [-0.2, -0.15) is 0 Å². The van der Waals surface area contributed by atoms with Gasteiger partial charge in [0, 0.05) is 79.3 Å². The molecule has 8 heterocycles. The zero-order chi connectivity index (χ0) is 29.9. The second-order valence-corrected chi connectivity index (χ2v) is 11.6. The molecule has 0 aliphatic rings. The molecule has 214 valence electrons. The zero-order valence-corrected chi connectivity index (χ0v) is 24.0. The standard InChI is InChI=1S/C38H20N6O2/c1-3-25-23-9-13-39-19-31(23)43(37(25)41-11-1)21-5-7-33-27(15-21)29-17-36-30(18-35(29)45-33)28-16-22(6-8-34(28)46-36)44-32-20-40-14-10-24(32)26-4-2-12-42-38(26)44/h1-20H. The Kier molecular flexibility index (Phi) is 4.43. The number of nitrogens with zero attached hydrogens (tertiary/aromatic N) is 6. The Balaban J connectivity index is 1.13. The van der Waals surface area contributed by atoms with Gasteiger partial charge >= 0.3 is 0 Å². The molecule has 0 amide bonds. The minimum Gasteiger partial charge on any atom is -0.456 e. The summed E-state index contributed by atoms with van der Waals surface area (Å²) in [6.45, 7) is 0. The molecule has 0 saturated heterocycles. The summed E-state index contributed by atoms with van der Waals surface area (Å²) in [5.41, 5.74) is 9.01. The number of aromatic nitrogens is 6. The zero-order valence-electron chi connectivity index (χ0n) is 24.0. The van der Waals surface area contributed by atoms with E-state index in [1.54, 1.807) is 0 Å². The summed E-state index contributed by atoms with van der Waals surface area (Å²) in [6, 6.07) is 29.0. The highest BCUT2D eigenvalue weighted by Gasteiger charge is 2.19. The molecule has 0 saturated carbocycles. The molecular formula is C38H20N6O2. The third kappa shape index (κ3) is 3.07. The molecular weight excluding hydrogens is 572 g/mol. The molecule has 0 atom stereocenters. The maximum Gasteiger partial charge on any atom is 0.145 e. The van der Waals surface area contributed by atoms with Crippen LogP contribution in [-0.2, 0) is 0 Å². The van der Waals surface area contributed by atoms with Gasteiger partial charge in [-0.15, -0.1) is 0 Å². The van der Waals surface area contributed by atoms with Gasteiger partial charge in [0.2, 0.25) is 0 Å². The Hall–Kier alpha value is -6.54. The van der Waals surface area contributed by atoms with E-state index in [0.717, 1.165) is 99.1 Å². The second-order valence-electron chi connectivity index (χ2n) is 11.6. The molecule has 0 spiro atoms. The van der Waals surface area contributed by atoms with E-state index in [1.165, 1.54) is 0 Å². The van der Waals surface area contributed by atoms with Crippen molar-refractivity contribution >= 4 is 87.7 Å². The third-order valence-corrected chi connectivity index (χ3v) is 9.20. The van der Waals surface area contributed by atoms with Crippen molar-refractivity contribution in [1.29, 1.82) is 0 Å². The molecule has 0 N–H and O–H groups in total. The fraction of sp³-hybridized carbons (Fsp3) is 0. The van der Waals surface area contributed by atoms with E-state index in [-0.39, 0.29) is 0 Å². The van der Waals surface area contributed by atoms with E-state index < -0.39 is 0 Å². The van der Waals surface area contributed by atoms with Crippen LogP contribution in [-0.4, -0.2) is 29.1 Å². The van der Waals surface area contributed by atoms with Crippen molar-refractivity contribution in [3.63, 3.8) is 0 Å². The summed E-state index contributed by atoms with van der Waals surface area (Å²) in [7, 11) is 0. The fourth-order valence-electron chi connectivity index (χ4n) is 7.21. The minimum atomic E-state index is 0.803. The first kappa shape index (κ1) is 23.9. The van der Waals surface area contributed by atoms with Gasteiger partial charge in [-0.25, -0.2) is 9.97 Å². The largest absolute Gasteiger partial charge is 0.456 e. The lowest BCUT2D eigenvalue weighted by Crippen LogP contribution is -1.95. The van der Waals surface area contributed by atoms with Gasteiger partial charge in [0.15, 0.2) is 0 Å². The van der Waals surface area contributed by atoms with Crippen molar-refractivity contribution < 1.29 is 8.83 Å². The Bertz CT molecular complexity index is 2740. The number of rotatable bonds is 2. The van der Waals surface area contributed by atoms with Crippen LogP contribution in [0.1, 0.15) is 0 Å². The molecule has 8 heteroatoms. The van der Waals surface area contributed by atoms with Crippen LogP contribution in [0.2, 0.25) is 0 Å². The Morgan fingerprint density at radius 2 is 0.891 bits per heavy atom. The van der Waals surface area contributed by atoms with Crippen LogP contribution in [0.15, 0.2) is 131 Å². The normalized spacial score (nSPS) is 12.3. The highest BCUT2D eigenvalue weighted by Crippen LogP contribution is 2.40. The lowest BCUT2D eigenvalue weighted by atomic mass is 10.1. The Morgan fingerprint density at radius 3 is 1.39 bits per heavy atom. The van der Waals surface area contributed by atoms with Gasteiger partial charge in [-0.05, 0) is 84.9 Å². The van der Waals surface area contributed by atoms with Gasteiger partial charge in [-0.1, -0.05) is 0 Å². The van der Waals surface area contributed by atoms with Crippen molar-refractivity contribution in [3.8, 4) is 11.4 Å². The molecule has 8 aromatic heterocycles. The number of pyridine rings is 4. The molecule has 0 unspecified atom stereocenters. The Labute approximate surface area is 258 Å². The van der Waals surface area contributed by atoms with Crippen molar-refractivity contribution in [1.82, 2.24) is 29.1 Å². The molecule has 0 aliphatic carbocycles. The van der Waals surface area contributed by atoms with Gasteiger partial charge in [0.1, 0.15) is 33.6 Å². The Morgan fingerprint density at radius 1 is 0.413 bits per heavy atom. The van der Waals surface area contributed by atoms with E-state index in [1.807, 2.05) is 73.6 Å². The molecule has 11 aromatic rings. The van der Waals surface area contributed by atoms with Crippen LogP contribution in [0.25, 0.3) is 99.1 Å². The van der Waals surface area contributed by atoms with Crippen molar-refractivity contribution in [3.05, 3.63) is 122 Å². The van der Waals surface area contributed by atoms with Gasteiger partial charge < -0.3 is 8.83 Å². The topological polar surface area (TPSA) is 87.7 Å². The third-order valence-electron chi connectivity index (χ3n) is 9.20. The molecule has 0 aliphatic heterocycles. The van der Waals surface area contributed by atoms with E-state index >= 15 is 0 Å². The fourth-order valence-corrected chi connectivity index (χ4v) is 7.21. The maximum atomic E-state index is 6.44. The molecule has 0 fully saturated rings. The maximum absolute atomic E-state index is 6.44. The van der Waals surface area contributed by atoms with Crippen LogP contribution < -0.4 is 0 Å². The van der Waals surface area contributed by atoms with Crippen LogP contribution in [0.5, 0.6) is 0 Å². The molecule has 3 aromatic carbocycles. The smallest absolute Gasteiger partial charge is 0.145 e. The first-order chi connectivity index (χ1) is 22.8. The molecule has 0 radical (unpaired) electrons. The van der Waals surface area contributed by atoms with Crippen molar-refractivity contribution in [2.75, 3.05) is 0 Å². The van der Waals surface area contributed by atoms with Crippen LogP contribution in [0.3, 0.4) is 0 Å². The van der Waals surface area contributed by atoms with Crippen molar-refractivity contribution in [2.45, 2.75) is 0 Å². The predicted octanol–water partition coefficient (Wildman–Crippen LogP) is 9.26. The number of hydrogen-bond acceptors (Lipinski definition) is 6. The minimum absolute atomic E-state index is 0.803. The van der Waals surface area contributed by atoms with Crippen molar-refractivity contribution in [2.24, 2.45) is 0 Å². The van der Waals surface area contributed by atoms with E-state index in [9.17, 15) is 0 Å². The SMILES string of the molecule is c1cnc2c(c1)c1ccncc1n2-c1ccc2oc3cc4c(cc3c2c1)oc1ccc(-n2c3cnccc3c3cccnc32)cc14. The van der Waals surface area contributed by atoms with Crippen LogP contribution >= 0.6 is 0 Å². The van der Waals surface area contributed by atoms with E-state index in [4.69, 9.17) is 18.8 Å². The number of furan rings is 2. The molecule has 0 bridgehead atoms. The predicted molar refractivity (Wildman–Crippen MR) is 181 cm³/mol. The highest BCUT2D eigenvalue weighted by atomic mass is 16.3. The molecule has 8 nitrogen and oxygen atoms in total. The van der Waals surface area contributed by atoms with Crippen LogP contribution in [0, 0.1) is 0 Å². The van der Waals surface area contributed by atoms with Crippen LogP contribution in [0.4, 0.5) is 0 Å². The quantitative estimate of drug-likeness (QED) is 0.199. The second kappa shape index (κ2) is 8.55. The van der Waals surface area contributed by atoms with Gasteiger partial charge in [0.05, 0.1) is 23.4 Å². The molecule has 46 heavy (non-hydrogen) atoms. The summed E-state index contributed by atoms with van der Waals surface area (Å²) in [5.74, 6) is 0. The number of hydrogen-bond donors (Lipinski definition) is 0. The van der Waals surface area contributed by atoms with E-state index in [0.29, 0.717) is 0 Å². The first-order valence-electron chi connectivity index (χ1n) is 15.0. The van der Waals surface area contributed by atoms with Gasteiger partial charge in [0.25, 0.3) is 0 Å². The lowest BCUT2D eigenvalue weighted by molar-refractivity contribution is 0.664.